The summed E-state index contributed by atoms with van der Waals surface area (Å²) < 4.78 is 0. The zero-order chi connectivity index (χ0) is 17.4. The topological polar surface area (TPSA) is 61.4 Å². The first-order valence-corrected chi connectivity index (χ1v) is 9.01. The molecule has 1 aliphatic heterocycles. The van der Waals surface area contributed by atoms with E-state index in [2.05, 4.69) is 10.6 Å². The molecule has 0 aromatic heterocycles. The van der Waals surface area contributed by atoms with Crippen molar-refractivity contribution >= 4 is 23.5 Å². The van der Waals surface area contributed by atoms with E-state index in [1.165, 1.54) is 0 Å². The summed E-state index contributed by atoms with van der Waals surface area (Å²) in [5.41, 5.74) is 0.966. The van der Waals surface area contributed by atoms with Crippen molar-refractivity contribution in [2.24, 2.45) is 0 Å². The smallest absolute Gasteiger partial charge is 0.315 e. The quantitative estimate of drug-likeness (QED) is 0.770. The van der Waals surface area contributed by atoms with Gasteiger partial charge in [0.1, 0.15) is 0 Å². The summed E-state index contributed by atoms with van der Waals surface area (Å²) in [6.45, 7) is 4.03. The van der Waals surface area contributed by atoms with E-state index < -0.39 is 0 Å². The van der Waals surface area contributed by atoms with Gasteiger partial charge in [0.2, 0.25) is 5.91 Å². The van der Waals surface area contributed by atoms with E-state index in [4.69, 9.17) is 11.6 Å². The number of halogens is 1. The fourth-order valence-corrected chi connectivity index (χ4v) is 3.05. The van der Waals surface area contributed by atoms with Crippen LogP contribution in [-0.2, 0) is 4.79 Å². The molecule has 132 valence electrons. The van der Waals surface area contributed by atoms with E-state index in [1.54, 1.807) is 0 Å². The fraction of sp³-hybridized carbons (Fsp3) is 0.556. The summed E-state index contributed by atoms with van der Waals surface area (Å²) in [4.78, 5) is 25.8. The van der Waals surface area contributed by atoms with Crippen LogP contribution in [0.3, 0.4) is 0 Å². The number of benzene rings is 1. The lowest BCUT2D eigenvalue weighted by atomic mass is 10.1. The van der Waals surface area contributed by atoms with Crippen LogP contribution in [0.15, 0.2) is 24.3 Å². The molecule has 0 saturated carbocycles. The zero-order valence-corrected chi connectivity index (χ0v) is 14.9. The van der Waals surface area contributed by atoms with Gasteiger partial charge in [-0.15, -0.1) is 0 Å². The first-order valence-electron chi connectivity index (χ1n) is 8.64. The third kappa shape index (κ3) is 6.04. The number of hydrogen-bond donors (Lipinski definition) is 2. The van der Waals surface area contributed by atoms with Gasteiger partial charge in [-0.3, -0.25) is 4.79 Å². The Kier molecular flexibility index (Phi) is 7.37. The van der Waals surface area contributed by atoms with Crippen molar-refractivity contribution < 1.29 is 9.59 Å². The SMILES string of the molecule is CC(NC(=O)NCCCN1CCCCCC1=O)c1cccc(Cl)c1. The minimum atomic E-state index is -0.204. The highest BCUT2D eigenvalue weighted by Crippen LogP contribution is 2.17. The Bertz CT molecular complexity index is 565. The summed E-state index contributed by atoms with van der Waals surface area (Å²) in [7, 11) is 0. The van der Waals surface area contributed by atoms with E-state index >= 15 is 0 Å². The van der Waals surface area contributed by atoms with Gasteiger partial charge in [0.05, 0.1) is 6.04 Å². The summed E-state index contributed by atoms with van der Waals surface area (Å²) in [5, 5.41) is 6.39. The summed E-state index contributed by atoms with van der Waals surface area (Å²) in [6, 6.07) is 7.13. The molecule has 1 aromatic carbocycles. The Morgan fingerprint density at radius 3 is 2.96 bits per heavy atom. The van der Waals surface area contributed by atoms with Crippen LogP contribution < -0.4 is 10.6 Å². The van der Waals surface area contributed by atoms with Gasteiger partial charge in [-0.1, -0.05) is 30.2 Å². The second-order valence-electron chi connectivity index (χ2n) is 6.22. The molecule has 1 atom stereocenters. The monoisotopic (exact) mass is 351 g/mol. The van der Waals surface area contributed by atoms with Crippen LogP contribution in [0.4, 0.5) is 4.79 Å². The average molecular weight is 352 g/mol. The first kappa shape index (κ1) is 18.6. The maximum atomic E-state index is 11.9. The minimum absolute atomic E-state index is 0.115. The second kappa shape index (κ2) is 9.52. The van der Waals surface area contributed by atoms with Gasteiger partial charge in [-0.2, -0.15) is 0 Å². The van der Waals surface area contributed by atoms with Gasteiger partial charge in [0.25, 0.3) is 0 Å². The normalized spacial score (nSPS) is 16.4. The number of urea groups is 1. The molecule has 24 heavy (non-hydrogen) atoms. The van der Waals surface area contributed by atoms with Crippen LogP contribution in [0.5, 0.6) is 0 Å². The molecule has 0 radical (unpaired) electrons. The molecule has 1 saturated heterocycles. The van der Waals surface area contributed by atoms with Gasteiger partial charge in [0.15, 0.2) is 0 Å². The van der Waals surface area contributed by atoms with Crippen LogP contribution in [0, 0.1) is 0 Å². The third-order valence-corrected chi connectivity index (χ3v) is 4.49. The van der Waals surface area contributed by atoms with Gasteiger partial charge in [-0.25, -0.2) is 4.79 Å². The van der Waals surface area contributed by atoms with E-state index in [1.807, 2.05) is 36.1 Å². The van der Waals surface area contributed by atoms with E-state index in [0.717, 1.165) is 37.8 Å². The van der Waals surface area contributed by atoms with Gasteiger partial charge in [-0.05, 0) is 43.9 Å². The van der Waals surface area contributed by atoms with Crippen LogP contribution in [-0.4, -0.2) is 36.5 Å². The number of carbonyl (C=O) groups is 2. The van der Waals surface area contributed by atoms with Crippen molar-refractivity contribution in [3.05, 3.63) is 34.9 Å². The lowest BCUT2D eigenvalue weighted by molar-refractivity contribution is -0.130. The van der Waals surface area contributed by atoms with Gasteiger partial charge < -0.3 is 15.5 Å². The lowest BCUT2D eigenvalue weighted by Crippen LogP contribution is -2.39. The van der Waals surface area contributed by atoms with Crippen molar-refractivity contribution in [3.8, 4) is 0 Å². The Morgan fingerprint density at radius 1 is 1.33 bits per heavy atom. The molecule has 3 amide bonds. The van der Waals surface area contributed by atoms with E-state index in [-0.39, 0.29) is 18.0 Å². The number of amides is 3. The van der Waals surface area contributed by atoms with Crippen molar-refractivity contribution in [3.63, 3.8) is 0 Å². The lowest BCUT2D eigenvalue weighted by Gasteiger charge is -2.20. The van der Waals surface area contributed by atoms with Crippen molar-refractivity contribution in [1.29, 1.82) is 0 Å². The van der Waals surface area contributed by atoms with Crippen molar-refractivity contribution in [1.82, 2.24) is 15.5 Å². The molecule has 1 fully saturated rings. The Balaban J connectivity index is 1.66. The maximum Gasteiger partial charge on any atom is 0.315 e. The highest BCUT2D eigenvalue weighted by Gasteiger charge is 2.16. The number of nitrogens with one attached hydrogen (secondary N) is 2. The molecule has 2 N–H and O–H groups in total. The third-order valence-electron chi connectivity index (χ3n) is 4.26. The molecular formula is C18H26ClN3O2. The molecule has 1 aliphatic rings. The summed E-state index contributed by atoms with van der Waals surface area (Å²) in [6.07, 6.45) is 4.63. The largest absolute Gasteiger partial charge is 0.343 e. The molecule has 0 spiro atoms. The number of rotatable bonds is 6. The van der Waals surface area contributed by atoms with Crippen molar-refractivity contribution in [2.75, 3.05) is 19.6 Å². The van der Waals surface area contributed by atoms with Crippen molar-refractivity contribution in [2.45, 2.75) is 45.1 Å². The first-order chi connectivity index (χ1) is 11.6. The van der Waals surface area contributed by atoms with E-state index in [9.17, 15) is 9.59 Å². The number of nitrogens with zero attached hydrogens (tertiary/aromatic N) is 1. The predicted octanol–water partition coefficient (Wildman–Crippen LogP) is 3.49. The highest BCUT2D eigenvalue weighted by atomic mass is 35.5. The second-order valence-corrected chi connectivity index (χ2v) is 6.66. The Hall–Kier alpha value is -1.75. The molecule has 6 heteroatoms. The summed E-state index contributed by atoms with van der Waals surface area (Å²) >= 11 is 5.96. The molecular weight excluding hydrogens is 326 g/mol. The Labute approximate surface area is 148 Å². The molecule has 1 aromatic rings. The minimum Gasteiger partial charge on any atom is -0.343 e. The molecule has 1 heterocycles. The highest BCUT2D eigenvalue weighted by molar-refractivity contribution is 6.30. The fourth-order valence-electron chi connectivity index (χ4n) is 2.85. The standard InChI is InChI=1S/C18H26ClN3O2/c1-14(15-7-5-8-16(19)13-15)21-18(24)20-10-6-12-22-11-4-2-3-9-17(22)23/h5,7-8,13-14H,2-4,6,9-12H2,1H3,(H2,20,21,24). The molecule has 0 bridgehead atoms. The molecule has 1 unspecified atom stereocenters. The zero-order valence-electron chi connectivity index (χ0n) is 14.2. The van der Waals surface area contributed by atoms with Crippen LogP contribution >= 0.6 is 11.6 Å². The van der Waals surface area contributed by atoms with Gasteiger partial charge in [0, 0.05) is 31.1 Å². The van der Waals surface area contributed by atoms with Crippen LogP contribution in [0.1, 0.15) is 50.6 Å². The van der Waals surface area contributed by atoms with E-state index in [0.29, 0.717) is 24.5 Å². The van der Waals surface area contributed by atoms with Crippen LogP contribution in [0.2, 0.25) is 5.02 Å². The van der Waals surface area contributed by atoms with Gasteiger partial charge >= 0.3 is 6.03 Å². The number of carbonyl (C=O) groups excluding carboxylic acids is 2. The maximum absolute atomic E-state index is 11.9. The average Bonchev–Trinajstić information content (AvgIpc) is 2.76. The molecule has 0 aliphatic carbocycles. The number of likely N-dealkylation sites (tertiary alicyclic amines) is 1. The molecule has 2 rings (SSSR count). The Morgan fingerprint density at radius 2 is 2.17 bits per heavy atom. The summed E-state index contributed by atoms with van der Waals surface area (Å²) in [5.74, 6) is 0.242. The molecule has 5 nitrogen and oxygen atoms in total. The predicted molar refractivity (Wildman–Crippen MR) is 96.1 cm³/mol. The number of hydrogen-bond acceptors (Lipinski definition) is 2. The van der Waals surface area contributed by atoms with Crippen LogP contribution in [0.25, 0.3) is 0 Å².